The highest BCUT2D eigenvalue weighted by atomic mass is 19.1. The SMILES string of the molecule is C=C1c2ccccc2CN1Cc1ccc(C(C=NC)=CN)cc1F. The monoisotopic (exact) mass is 321 g/mol. The van der Waals surface area contributed by atoms with Gasteiger partial charge in [-0.2, -0.15) is 0 Å². The standard InChI is InChI=1S/C20H20FN3/c1-14-19-6-4-3-5-16(19)12-24(14)13-17-8-7-15(9-20(17)21)18(10-22)11-23-2/h3-11H,1,12-13,22H2,2H3. The maximum Gasteiger partial charge on any atom is 0.128 e. The van der Waals surface area contributed by atoms with Crippen molar-refractivity contribution in [1.29, 1.82) is 0 Å². The van der Waals surface area contributed by atoms with Gasteiger partial charge < -0.3 is 10.6 Å². The highest BCUT2D eigenvalue weighted by Gasteiger charge is 2.22. The number of benzene rings is 2. The van der Waals surface area contributed by atoms with Crippen LogP contribution in [0.25, 0.3) is 11.3 Å². The first-order valence-corrected chi connectivity index (χ1v) is 7.79. The summed E-state index contributed by atoms with van der Waals surface area (Å²) in [4.78, 5) is 6.03. The smallest absolute Gasteiger partial charge is 0.128 e. The Morgan fingerprint density at radius 3 is 2.79 bits per heavy atom. The van der Waals surface area contributed by atoms with Crippen molar-refractivity contribution >= 4 is 17.5 Å². The molecule has 0 amide bonds. The molecule has 0 aromatic heterocycles. The number of hydrogen-bond donors (Lipinski definition) is 1. The maximum atomic E-state index is 14.5. The predicted molar refractivity (Wildman–Crippen MR) is 97.7 cm³/mol. The normalized spacial score (nSPS) is 14.5. The van der Waals surface area contributed by atoms with Gasteiger partial charge in [0, 0.05) is 54.9 Å². The van der Waals surface area contributed by atoms with Crippen LogP contribution >= 0.6 is 0 Å². The first-order valence-electron chi connectivity index (χ1n) is 7.79. The quantitative estimate of drug-likeness (QED) is 0.870. The van der Waals surface area contributed by atoms with Gasteiger partial charge in [0.25, 0.3) is 0 Å². The summed E-state index contributed by atoms with van der Waals surface area (Å²) in [5.41, 5.74) is 10.9. The summed E-state index contributed by atoms with van der Waals surface area (Å²) >= 11 is 0. The van der Waals surface area contributed by atoms with Gasteiger partial charge in [-0.15, -0.1) is 0 Å². The van der Waals surface area contributed by atoms with E-state index in [-0.39, 0.29) is 5.82 Å². The Balaban J connectivity index is 1.81. The molecule has 2 aromatic carbocycles. The zero-order chi connectivity index (χ0) is 17.1. The van der Waals surface area contributed by atoms with Gasteiger partial charge in [-0.3, -0.25) is 4.99 Å². The third-order valence-corrected chi connectivity index (χ3v) is 4.27. The van der Waals surface area contributed by atoms with Crippen molar-refractivity contribution in [3.8, 4) is 0 Å². The summed E-state index contributed by atoms with van der Waals surface area (Å²) in [6.07, 6.45) is 3.05. The molecule has 0 atom stereocenters. The summed E-state index contributed by atoms with van der Waals surface area (Å²) in [5, 5.41) is 0. The molecule has 2 N–H and O–H groups in total. The largest absolute Gasteiger partial charge is 0.404 e. The molecule has 4 heteroatoms. The third kappa shape index (κ3) is 2.95. The molecule has 122 valence electrons. The van der Waals surface area contributed by atoms with E-state index in [1.165, 1.54) is 17.8 Å². The van der Waals surface area contributed by atoms with Crippen LogP contribution in [-0.4, -0.2) is 18.2 Å². The fourth-order valence-electron chi connectivity index (χ4n) is 2.98. The number of halogens is 1. The number of rotatable bonds is 4. The van der Waals surface area contributed by atoms with Gasteiger partial charge in [0.05, 0.1) is 0 Å². The van der Waals surface area contributed by atoms with Crippen LogP contribution in [0.4, 0.5) is 4.39 Å². The Morgan fingerprint density at radius 2 is 2.12 bits per heavy atom. The molecule has 1 aliphatic heterocycles. The fourth-order valence-corrected chi connectivity index (χ4v) is 2.98. The Hall–Kier alpha value is -2.88. The summed E-state index contributed by atoms with van der Waals surface area (Å²) < 4.78 is 14.5. The minimum atomic E-state index is -0.250. The summed E-state index contributed by atoms with van der Waals surface area (Å²) in [6, 6.07) is 13.3. The Bertz CT molecular complexity index is 837. The molecule has 3 nitrogen and oxygen atoms in total. The van der Waals surface area contributed by atoms with Gasteiger partial charge in [0.15, 0.2) is 0 Å². The number of hydrogen-bond acceptors (Lipinski definition) is 3. The molecule has 0 fully saturated rings. The van der Waals surface area contributed by atoms with Crippen LogP contribution < -0.4 is 5.73 Å². The Labute approximate surface area is 141 Å². The highest BCUT2D eigenvalue weighted by Crippen LogP contribution is 2.33. The lowest BCUT2D eigenvalue weighted by atomic mass is 10.0. The van der Waals surface area contributed by atoms with E-state index in [4.69, 9.17) is 5.73 Å². The average molecular weight is 321 g/mol. The van der Waals surface area contributed by atoms with Crippen molar-refractivity contribution in [2.45, 2.75) is 13.1 Å². The molecule has 1 heterocycles. The summed E-state index contributed by atoms with van der Waals surface area (Å²) in [7, 11) is 1.66. The highest BCUT2D eigenvalue weighted by molar-refractivity contribution is 6.09. The number of nitrogens with zero attached hydrogens (tertiary/aromatic N) is 2. The molecule has 0 aliphatic carbocycles. The minimum Gasteiger partial charge on any atom is -0.404 e. The zero-order valence-corrected chi connectivity index (χ0v) is 13.7. The molecule has 24 heavy (non-hydrogen) atoms. The van der Waals surface area contributed by atoms with Crippen LogP contribution in [0.2, 0.25) is 0 Å². The second kappa shape index (κ2) is 6.71. The molecule has 0 radical (unpaired) electrons. The van der Waals surface area contributed by atoms with Gasteiger partial charge in [0.1, 0.15) is 5.82 Å². The molecular formula is C20H20FN3. The Morgan fingerprint density at radius 1 is 1.33 bits per heavy atom. The average Bonchev–Trinajstić information content (AvgIpc) is 2.91. The van der Waals surface area contributed by atoms with E-state index in [1.807, 2.05) is 18.2 Å². The molecule has 0 unspecified atom stereocenters. The lowest BCUT2D eigenvalue weighted by Gasteiger charge is -2.20. The molecule has 0 saturated heterocycles. The molecular weight excluding hydrogens is 301 g/mol. The molecule has 0 saturated carbocycles. The van der Waals surface area contributed by atoms with Crippen molar-refractivity contribution in [2.75, 3.05) is 7.05 Å². The first kappa shape index (κ1) is 16.0. The van der Waals surface area contributed by atoms with Gasteiger partial charge >= 0.3 is 0 Å². The number of aliphatic imine (C=N–C) groups is 1. The third-order valence-electron chi connectivity index (χ3n) is 4.27. The van der Waals surface area contributed by atoms with E-state index >= 15 is 0 Å². The van der Waals surface area contributed by atoms with Gasteiger partial charge in [-0.25, -0.2) is 4.39 Å². The molecule has 3 rings (SSSR count). The number of nitrogens with two attached hydrogens (primary N) is 1. The molecule has 2 aromatic rings. The topological polar surface area (TPSA) is 41.6 Å². The molecule has 0 bridgehead atoms. The van der Waals surface area contributed by atoms with Crippen LogP contribution in [0.1, 0.15) is 22.3 Å². The van der Waals surface area contributed by atoms with E-state index in [2.05, 4.69) is 28.6 Å². The lowest BCUT2D eigenvalue weighted by Crippen LogP contribution is -2.15. The van der Waals surface area contributed by atoms with Crippen LogP contribution in [0.5, 0.6) is 0 Å². The summed E-state index contributed by atoms with van der Waals surface area (Å²) in [5.74, 6) is -0.250. The van der Waals surface area contributed by atoms with Crippen molar-refractivity contribution < 1.29 is 4.39 Å². The van der Waals surface area contributed by atoms with Crippen LogP contribution in [0, 0.1) is 5.82 Å². The van der Waals surface area contributed by atoms with E-state index in [0.29, 0.717) is 23.2 Å². The van der Waals surface area contributed by atoms with Gasteiger partial charge in [-0.1, -0.05) is 43.0 Å². The van der Waals surface area contributed by atoms with Crippen molar-refractivity contribution in [2.24, 2.45) is 10.7 Å². The van der Waals surface area contributed by atoms with Crippen molar-refractivity contribution in [3.05, 3.63) is 83.3 Å². The van der Waals surface area contributed by atoms with Gasteiger partial charge in [0.2, 0.25) is 0 Å². The second-order valence-electron chi connectivity index (χ2n) is 5.78. The van der Waals surface area contributed by atoms with E-state index in [9.17, 15) is 4.39 Å². The van der Waals surface area contributed by atoms with Crippen LogP contribution in [0.15, 0.2) is 60.2 Å². The first-order chi connectivity index (χ1) is 11.6. The van der Waals surface area contributed by atoms with E-state index in [0.717, 1.165) is 17.8 Å². The van der Waals surface area contributed by atoms with E-state index < -0.39 is 0 Å². The van der Waals surface area contributed by atoms with Crippen LogP contribution in [-0.2, 0) is 13.1 Å². The maximum absolute atomic E-state index is 14.5. The van der Waals surface area contributed by atoms with Gasteiger partial charge in [-0.05, 0) is 17.2 Å². The zero-order valence-electron chi connectivity index (χ0n) is 13.7. The second-order valence-corrected chi connectivity index (χ2v) is 5.78. The Kier molecular flexibility index (Phi) is 4.47. The number of allylic oxidation sites excluding steroid dienone is 1. The molecule has 1 aliphatic rings. The van der Waals surface area contributed by atoms with Crippen molar-refractivity contribution in [1.82, 2.24) is 4.90 Å². The van der Waals surface area contributed by atoms with Crippen molar-refractivity contribution in [3.63, 3.8) is 0 Å². The minimum absolute atomic E-state index is 0.250. The number of fused-ring (bicyclic) bond motifs is 1. The van der Waals surface area contributed by atoms with Crippen LogP contribution in [0.3, 0.4) is 0 Å². The lowest BCUT2D eigenvalue weighted by molar-refractivity contribution is 0.394. The van der Waals surface area contributed by atoms with E-state index in [1.54, 1.807) is 19.3 Å². The molecule has 0 spiro atoms. The predicted octanol–water partition coefficient (Wildman–Crippen LogP) is 3.81. The fraction of sp³-hybridized carbons (Fsp3) is 0.150. The summed E-state index contributed by atoms with van der Waals surface area (Å²) in [6.45, 7) is 5.39.